The van der Waals surface area contributed by atoms with Crippen LogP contribution in [-0.2, 0) is 56.1 Å². The van der Waals surface area contributed by atoms with Gasteiger partial charge in [0.25, 0.3) is 11.8 Å². The summed E-state index contributed by atoms with van der Waals surface area (Å²) in [6.07, 6.45) is 3.00. The first kappa shape index (κ1) is 71.2. The minimum absolute atomic E-state index is 0.0360. The molecule has 8 amide bonds. The number of hydrogen-bond acceptors (Lipinski definition) is 13. The Morgan fingerprint density at radius 1 is 0.814 bits per heavy atom. The largest absolute Gasteiger partial charge is 0.481 e. The van der Waals surface area contributed by atoms with Crippen LogP contribution >= 0.6 is 11.3 Å². The lowest BCUT2D eigenvalue weighted by atomic mass is 9.92. The van der Waals surface area contributed by atoms with Gasteiger partial charge < -0.3 is 56.9 Å². The predicted molar refractivity (Wildman–Crippen MR) is 329 cm³/mol. The van der Waals surface area contributed by atoms with Crippen molar-refractivity contribution in [3.8, 4) is 0 Å². The molecule has 2 aromatic carbocycles. The lowest BCUT2D eigenvalue weighted by Crippen LogP contribution is -2.63. The molecule has 2 heterocycles. The highest BCUT2D eigenvalue weighted by Crippen LogP contribution is 2.32. The molecule has 23 heteroatoms. The summed E-state index contributed by atoms with van der Waals surface area (Å²) in [6, 6.07) is 11.4. The van der Waals surface area contributed by atoms with Crippen LogP contribution in [-0.4, -0.2) is 142 Å². The molecule has 1 aromatic heterocycles. The second kappa shape index (κ2) is 34.2. The van der Waals surface area contributed by atoms with E-state index in [1.54, 1.807) is 64.1 Å². The molecule has 0 saturated carbocycles. The minimum Gasteiger partial charge on any atom is -0.481 e. The molecule has 86 heavy (non-hydrogen) atoms. The molecule has 9 N–H and O–H groups in total. The molecule has 1 fully saturated rings. The summed E-state index contributed by atoms with van der Waals surface area (Å²) in [4.78, 5) is 138. The number of carbonyl (C=O) groups excluding carboxylic acids is 9. The van der Waals surface area contributed by atoms with Gasteiger partial charge in [-0.25, -0.2) is 9.78 Å². The van der Waals surface area contributed by atoms with Gasteiger partial charge in [0.15, 0.2) is 12.1 Å². The second-order valence-electron chi connectivity index (χ2n) is 24.3. The molecular weight excluding hydrogens is 1120 g/mol. The first-order valence-electron chi connectivity index (χ1n) is 30.2. The highest BCUT2D eigenvalue weighted by Gasteiger charge is 2.44. The average Bonchev–Trinajstić information content (AvgIpc) is 3.24. The number of carboxylic acid groups (broad SMARTS) is 1. The molecule has 0 radical (unpaired) electrons. The fourth-order valence-corrected chi connectivity index (χ4v) is 11.6. The van der Waals surface area contributed by atoms with Gasteiger partial charge in [0.2, 0.25) is 23.6 Å². The zero-order valence-electron chi connectivity index (χ0n) is 52.4. The first-order valence-corrected chi connectivity index (χ1v) is 31.1. The van der Waals surface area contributed by atoms with Gasteiger partial charge in [0, 0.05) is 80.8 Å². The molecule has 4 rings (SSSR count). The number of anilines is 1. The maximum Gasteiger partial charge on any atom is 0.312 e. The number of aliphatic carboxylic acids is 1. The Balaban J connectivity index is 1.49. The van der Waals surface area contributed by atoms with Gasteiger partial charge in [-0.1, -0.05) is 111 Å². The number of carboxylic acids is 1. The number of nitrogens with one attached hydrogen (secondary N) is 6. The Morgan fingerprint density at radius 2 is 1.49 bits per heavy atom. The van der Waals surface area contributed by atoms with Crippen molar-refractivity contribution in [2.45, 2.75) is 189 Å². The summed E-state index contributed by atoms with van der Waals surface area (Å²) < 4.78 is 6.22. The van der Waals surface area contributed by atoms with E-state index in [4.69, 9.17) is 10.5 Å². The Bertz CT molecular complexity index is 2780. The number of hydrogen-bond donors (Lipinski definition) is 8. The van der Waals surface area contributed by atoms with Crippen LogP contribution in [0.15, 0.2) is 60.0 Å². The van der Waals surface area contributed by atoms with Crippen LogP contribution in [0.2, 0.25) is 0 Å². The summed E-state index contributed by atoms with van der Waals surface area (Å²) in [5.41, 5.74) is 7.59. The van der Waals surface area contributed by atoms with Crippen molar-refractivity contribution >= 4 is 76.2 Å². The number of quaternary nitrogens is 1. The number of rotatable bonds is 34. The molecule has 0 aliphatic carbocycles. The van der Waals surface area contributed by atoms with E-state index in [0.717, 1.165) is 35.3 Å². The van der Waals surface area contributed by atoms with Crippen molar-refractivity contribution in [2.24, 2.45) is 35.3 Å². The predicted octanol–water partition coefficient (Wildman–Crippen LogP) is 6.82. The normalized spacial score (nSPS) is 17.8. The number of primary amides is 1. The van der Waals surface area contributed by atoms with Gasteiger partial charge >= 0.3 is 18.0 Å². The number of amides is 8. The number of ether oxygens (including phenoxy) is 1. The maximum atomic E-state index is 14.9. The number of esters is 1. The third-order valence-corrected chi connectivity index (χ3v) is 17.2. The number of likely N-dealkylation sites (tertiary alicyclic amines) is 1. The summed E-state index contributed by atoms with van der Waals surface area (Å²) >= 11 is 1.14. The monoisotopic (exact) mass is 1220 g/mol. The lowest BCUT2D eigenvalue weighted by Gasteiger charge is -2.44. The fourth-order valence-electron chi connectivity index (χ4n) is 10.8. The summed E-state index contributed by atoms with van der Waals surface area (Å²) in [5, 5.41) is 28.6. The number of likely N-dealkylation sites (N-methyl/N-ethyl adjacent to an activating group) is 2. The zero-order chi connectivity index (χ0) is 64.0. The number of aromatic nitrogens is 1. The Hall–Kier alpha value is -7.27. The van der Waals surface area contributed by atoms with Crippen molar-refractivity contribution in [3.05, 3.63) is 81.8 Å². The van der Waals surface area contributed by atoms with Gasteiger partial charge in [-0.2, -0.15) is 0 Å². The van der Waals surface area contributed by atoms with E-state index in [9.17, 15) is 53.1 Å². The highest BCUT2D eigenvalue weighted by atomic mass is 32.1. The van der Waals surface area contributed by atoms with Crippen LogP contribution in [0.1, 0.15) is 166 Å². The van der Waals surface area contributed by atoms with Crippen molar-refractivity contribution in [1.29, 1.82) is 0 Å². The quantitative estimate of drug-likeness (QED) is 0.0173. The van der Waals surface area contributed by atoms with E-state index in [-0.39, 0.29) is 92.0 Å². The molecule has 0 spiro atoms. The van der Waals surface area contributed by atoms with E-state index in [0.29, 0.717) is 47.5 Å². The molecule has 1 unspecified atom stereocenters. The molecule has 474 valence electrons. The molecule has 0 bridgehead atoms. The fraction of sp³-hybridized carbons (Fsp3) is 0.603. The minimum atomic E-state index is -1.07. The molecule has 1 saturated heterocycles. The van der Waals surface area contributed by atoms with Crippen molar-refractivity contribution in [3.63, 3.8) is 0 Å². The molecule has 1 aliphatic rings. The first-order chi connectivity index (χ1) is 40.5. The van der Waals surface area contributed by atoms with Crippen LogP contribution in [0.5, 0.6) is 0 Å². The number of benzene rings is 2. The van der Waals surface area contributed by atoms with E-state index in [1.807, 2.05) is 77.2 Å². The number of carbonyl (C=O) groups is 10. The number of piperidine rings is 1. The third kappa shape index (κ3) is 22.2. The number of ketones is 1. The van der Waals surface area contributed by atoms with Crippen LogP contribution in [0, 0.1) is 29.6 Å². The number of thiazole rings is 1. The molecule has 3 aromatic rings. The number of nitrogens with two attached hydrogens (primary N) is 1. The topological polar surface area (TPSA) is 314 Å². The van der Waals surface area contributed by atoms with E-state index in [1.165, 1.54) is 6.92 Å². The Kier molecular flexibility index (Phi) is 28.3. The number of urea groups is 1. The van der Waals surface area contributed by atoms with E-state index in [2.05, 4.69) is 36.9 Å². The highest BCUT2D eigenvalue weighted by molar-refractivity contribution is 7.09. The molecule has 22 nitrogen and oxygen atoms in total. The van der Waals surface area contributed by atoms with Gasteiger partial charge in [0.05, 0.1) is 19.5 Å². The van der Waals surface area contributed by atoms with Crippen LogP contribution in [0.25, 0.3) is 0 Å². The lowest BCUT2D eigenvalue weighted by molar-refractivity contribution is -0.942. The summed E-state index contributed by atoms with van der Waals surface area (Å²) in [5.74, 6) is -6.01. The standard InChI is InChI=1S/C63H94N10O12S/c1-13-40(8)55(61(81)72(11)49(37(2)3)34-52(85-42(10)74)60-69-48(36-86-60)57(78)67-46(32-41(9)62(82)83)33-43-20-15-14-16-21-43)71-58(79)50-23-17-18-31-73(50,12)35-44-24-26-45(27-25-44)66-56(77)47(22-19-30-65-63(64)84)68-59(80)54(39(6)7)70-53(76)29-28-51(75)38(4)5/h14-16,20-21,24-27,36-41,46-47,49-50,52,54-55H,13,17-19,22-23,28-35H2,1-12H3,(H8-,64,65,66,67,68,70,71,76,77,78,79,80,82,83,84)/p+1/t40-,41-,46+,47-,49+,50+,52+,54-,55-,73?/m0/s1. The van der Waals surface area contributed by atoms with Crippen molar-refractivity contribution in [1.82, 2.24) is 36.5 Å². The SMILES string of the molecule is CC[C@H](C)[C@H](NC(=O)[C@H]1CCCC[N+]1(C)Cc1ccc(NC(=O)[C@H](CCCNC(N)=O)NC(=O)[C@@H](NC(=O)CCC(=O)C(C)C)C(C)C)cc1)C(=O)N(C)[C@H](C[C@@H](OC(C)=O)c1nc(C(=O)N[C@@H](Cc2ccccc2)C[C@H](C)C(=O)O)cs1)C(C)C. The van der Waals surface area contributed by atoms with Crippen molar-refractivity contribution < 1.29 is 62.3 Å². The second-order valence-corrected chi connectivity index (χ2v) is 25.2. The van der Waals surface area contributed by atoms with Gasteiger partial charge in [-0.15, -0.1) is 11.3 Å². The van der Waals surface area contributed by atoms with Crippen molar-refractivity contribution in [2.75, 3.05) is 32.5 Å². The van der Waals surface area contributed by atoms with E-state index < -0.39 is 89.9 Å². The maximum absolute atomic E-state index is 14.9. The molecule has 10 atom stereocenters. The summed E-state index contributed by atoms with van der Waals surface area (Å²) in [6.45, 7) is 19.0. The summed E-state index contributed by atoms with van der Waals surface area (Å²) in [7, 11) is 3.72. The van der Waals surface area contributed by atoms with Crippen LogP contribution in [0.3, 0.4) is 0 Å². The Labute approximate surface area is 511 Å². The van der Waals surface area contributed by atoms with E-state index >= 15 is 0 Å². The third-order valence-electron chi connectivity index (χ3n) is 16.2. The van der Waals surface area contributed by atoms with Crippen LogP contribution in [0.4, 0.5) is 10.5 Å². The van der Waals surface area contributed by atoms with Crippen LogP contribution < -0.4 is 37.6 Å². The number of nitrogens with zero attached hydrogens (tertiary/aromatic N) is 3. The van der Waals surface area contributed by atoms with Gasteiger partial charge in [-0.05, 0) is 74.0 Å². The smallest absolute Gasteiger partial charge is 0.312 e. The number of Topliss-reactive ketones (excluding diaryl/α,β-unsaturated/α-hetero) is 1. The average molecular weight is 1220 g/mol. The van der Waals surface area contributed by atoms with Gasteiger partial charge in [-0.3, -0.25) is 43.2 Å². The van der Waals surface area contributed by atoms with Gasteiger partial charge in [0.1, 0.15) is 41.2 Å². The molecule has 1 aliphatic heterocycles. The Morgan fingerprint density at radius 3 is 2.08 bits per heavy atom. The molecular formula is C63H95N10O12S+. The zero-order valence-corrected chi connectivity index (χ0v) is 53.2.